The molecule has 0 saturated carbocycles. The summed E-state index contributed by atoms with van der Waals surface area (Å²) >= 11 is 0. The minimum atomic E-state index is -3.08. The zero-order chi connectivity index (χ0) is 20.2. The van der Waals surface area contributed by atoms with Gasteiger partial charge in [0.15, 0.2) is 15.5 Å². The zero-order valence-electron chi connectivity index (χ0n) is 15.3. The highest BCUT2D eigenvalue weighted by Gasteiger charge is 2.38. The van der Waals surface area contributed by atoms with Crippen molar-refractivity contribution in [2.75, 3.05) is 31.1 Å². The first-order valence-electron chi connectivity index (χ1n) is 8.97. The normalized spacial score (nSPS) is 18.9. The Hall–Kier alpha value is -2.80. The second-order valence-corrected chi connectivity index (χ2v) is 9.05. The molecule has 148 valence electrons. The number of hydrogen-bond donors (Lipinski definition) is 1. The summed E-state index contributed by atoms with van der Waals surface area (Å²) < 4.78 is 23.0. The lowest BCUT2D eigenvalue weighted by Gasteiger charge is -2.26. The molecule has 1 aromatic heterocycles. The van der Waals surface area contributed by atoms with E-state index in [1.807, 2.05) is 0 Å². The van der Waals surface area contributed by atoms with Crippen LogP contribution in [-0.4, -0.2) is 66.9 Å². The van der Waals surface area contributed by atoms with Crippen molar-refractivity contribution < 1.29 is 18.0 Å². The molecule has 0 aliphatic carbocycles. The number of nitrogens with zero attached hydrogens (tertiary/aromatic N) is 4. The second-order valence-electron chi connectivity index (χ2n) is 6.74. The predicted octanol–water partition coefficient (Wildman–Crippen LogP) is 0.648. The van der Waals surface area contributed by atoms with Gasteiger partial charge in [0, 0.05) is 38.9 Å². The molecule has 10 heteroatoms. The van der Waals surface area contributed by atoms with Gasteiger partial charge in [-0.2, -0.15) is 10.2 Å². The molecule has 2 aliphatic heterocycles. The monoisotopic (exact) mass is 403 g/mol. The number of nitrogens with one attached hydrogen (secondary N) is 1. The summed E-state index contributed by atoms with van der Waals surface area (Å²) in [5, 5.41) is 10.8. The number of carbonyl (C=O) groups is 2. The van der Waals surface area contributed by atoms with Gasteiger partial charge >= 0.3 is 0 Å². The highest BCUT2D eigenvalue weighted by atomic mass is 32.2. The van der Waals surface area contributed by atoms with Crippen molar-refractivity contribution in [3.8, 4) is 12.3 Å². The number of aromatic nitrogens is 1. The molecule has 0 unspecified atom stereocenters. The quantitative estimate of drug-likeness (QED) is 0.670. The van der Waals surface area contributed by atoms with E-state index < -0.39 is 21.4 Å². The molecular formula is C18H21N5O4S. The lowest BCUT2D eigenvalue weighted by atomic mass is 10.0. The fourth-order valence-electron chi connectivity index (χ4n) is 2.89. The van der Waals surface area contributed by atoms with E-state index in [1.54, 1.807) is 6.07 Å². The van der Waals surface area contributed by atoms with Crippen LogP contribution in [0.15, 0.2) is 28.4 Å². The molecule has 2 aliphatic rings. The van der Waals surface area contributed by atoms with Gasteiger partial charge in [-0.3, -0.25) is 9.59 Å². The highest BCUT2D eigenvalue weighted by molar-refractivity contribution is 7.91. The maximum Gasteiger partial charge on any atom is 0.272 e. The summed E-state index contributed by atoms with van der Waals surface area (Å²) in [7, 11) is -3.08. The molecule has 9 nitrogen and oxygen atoms in total. The smallest absolute Gasteiger partial charge is 0.272 e. The van der Waals surface area contributed by atoms with Crippen LogP contribution in [0.4, 0.5) is 0 Å². The summed E-state index contributed by atoms with van der Waals surface area (Å²) in [6, 6.07) is 4.61. The summed E-state index contributed by atoms with van der Waals surface area (Å²) in [5.41, 5.74) is -0.234. The number of amides is 2. The van der Waals surface area contributed by atoms with Gasteiger partial charge in [0.05, 0.1) is 11.5 Å². The molecule has 0 atom stereocenters. The number of rotatable bonds is 7. The van der Waals surface area contributed by atoms with Crippen molar-refractivity contribution in [3.05, 3.63) is 29.6 Å². The van der Waals surface area contributed by atoms with Gasteiger partial charge in [-0.25, -0.2) is 13.4 Å². The van der Waals surface area contributed by atoms with E-state index in [4.69, 9.17) is 6.42 Å². The van der Waals surface area contributed by atoms with Gasteiger partial charge in [-0.15, -0.1) is 12.3 Å². The first-order chi connectivity index (χ1) is 13.3. The summed E-state index contributed by atoms with van der Waals surface area (Å²) in [5.74, 6) is 1.65. The van der Waals surface area contributed by atoms with Crippen LogP contribution in [0, 0.1) is 12.3 Å². The average Bonchev–Trinajstić information content (AvgIpc) is 3.46. The van der Waals surface area contributed by atoms with Crippen LogP contribution >= 0.6 is 0 Å². The number of carbonyl (C=O) groups excluding carboxylic acids is 2. The third-order valence-electron chi connectivity index (χ3n) is 4.70. The molecule has 1 N–H and O–H groups in total. The Morgan fingerprint density at radius 3 is 2.50 bits per heavy atom. The largest absolute Gasteiger partial charge is 0.351 e. The number of hydrogen-bond acceptors (Lipinski definition) is 7. The Morgan fingerprint density at radius 1 is 1.18 bits per heavy atom. The van der Waals surface area contributed by atoms with Gasteiger partial charge in [-0.1, -0.05) is 6.07 Å². The summed E-state index contributed by atoms with van der Waals surface area (Å²) in [4.78, 5) is 30.4. The van der Waals surface area contributed by atoms with Gasteiger partial charge in [0.1, 0.15) is 11.4 Å². The molecule has 0 spiro atoms. The standard InChI is InChI=1S/C18H21N5O4S/c1-2-3-7-18(21-22-18)8-9-19-16(24)14-5-4-6-15(20-14)17(25)23-10-12-28(26,27)13-11-23/h1,4-6H,3,7-13H2,(H,19,24). The SMILES string of the molecule is C#CCCC1(CCNC(=O)c2cccc(C(=O)N3CCS(=O)(=O)CC3)n2)N=N1. The van der Waals surface area contributed by atoms with E-state index in [9.17, 15) is 18.0 Å². The Kier molecular flexibility index (Phi) is 5.74. The molecule has 2 amide bonds. The summed E-state index contributed by atoms with van der Waals surface area (Å²) in [6.45, 7) is 0.623. The van der Waals surface area contributed by atoms with E-state index in [0.29, 0.717) is 25.8 Å². The summed E-state index contributed by atoms with van der Waals surface area (Å²) in [6.07, 6.45) is 7.04. The van der Waals surface area contributed by atoms with Crippen LogP contribution in [0.1, 0.15) is 40.2 Å². The zero-order valence-corrected chi connectivity index (χ0v) is 16.1. The van der Waals surface area contributed by atoms with Gasteiger partial charge < -0.3 is 10.2 Å². The second kappa shape index (κ2) is 8.06. The maximum absolute atomic E-state index is 12.5. The maximum atomic E-state index is 12.5. The number of terminal acetylenes is 1. The van der Waals surface area contributed by atoms with Crippen LogP contribution in [-0.2, 0) is 9.84 Å². The molecule has 1 saturated heterocycles. The van der Waals surface area contributed by atoms with Crippen LogP contribution in [0.5, 0.6) is 0 Å². The van der Waals surface area contributed by atoms with Gasteiger partial charge in [-0.05, 0) is 12.1 Å². The molecule has 3 heterocycles. The van der Waals surface area contributed by atoms with E-state index in [1.165, 1.54) is 17.0 Å². The van der Waals surface area contributed by atoms with Gasteiger partial charge in [0.25, 0.3) is 11.8 Å². The molecule has 0 radical (unpaired) electrons. The van der Waals surface area contributed by atoms with Crippen LogP contribution in [0.3, 0.4) is 0 Å². The van der Waals surface area contributed by atoms with Crippen LogP contribution < -0.4 is 5.32 Å². The molecule has 28 heavy (non-hydrogen) atoms. The van der Waals surface area contributed by atoms with E-state index in [2.05, 4.69) is 26.4 Å². The molecule has 1 fully saturated rings. The van der Waals surface area contributed by atoms with Crippen molar-refractivity contribution in [3.63, 3.8) is 0 Å². The lowest BCUT2D eigenvalue weighted by molar-refractivity contribution is 0.0764. The molecule has 1 aromatic rings. The molecule has 3 rings (SSSR count). The van der Waals surface area contributed by atoms with Crippen LogP contribution in [0.25, 0.3) is 0 Å². The fourth-order valence-corrected chi connectivity index (χ4v) is 4.09. The van der Waals surface area contributed by atoms with Crippen molar-refractivity contribution in [1.82, 2.24) is 15.2 Å². The minimum Gasteiger partial charge on any atom is -0.351 e. The fraction of sp³-hybridized carbons (Fsp3) is 0.500. The molecular weight excluding hydrogens is 382 g/mol. The van der Waals surface area contributed by atoms with Gasteiger partial charge in [0.2, 0.25) is 0 Å². The Balaban J connectivity index is 1.55. The van der Waals surface area contributed by atoms with E-state index >= 15 is 0 Å². The van der Waals surface area contributed by atoms with Crippen molar-refractivity contribution in [1.29, 1.82) is 0 Å². The third-order valence-corrected chi connectivity index (χ3v) is 6.31. The molecule has 0 bridgehead atoms. The topological polar surface area (TPSA) is 121 Å². The van der Waals surface area contributed by atoms with E-state index in [0.717, 1.165) is 0 Å². The highest BCUT2D eigenvalue weighted by Crippen LogP contribution is 2.36. The number of pyridine rings is 1. The molecule has 0 aromatic carbocycles. The minimum absolute atomic E-state index is 0.0591. The van der Waals surface area contributed by atoms with Crippen molar-refractivity contribution in [2.45, 2.75) is 24.9 Å². The average molecular weight is 403 g/mol. The Morgan fingerprint density at radius 2 is 1.86 bits per heavy atom. The van der Waals surface area contributed by atoms with Crippen molar-refractivity contribution in [2.24, 2.45) is 10.2 Å². The third kappa shape index (κ3) is 4.92. The first-order valence-corrected chi connectivity index (χ1v) is 10.8. The lowest BCUT2D eigenvalue weighted by Crippen LogP contribution is -2.44. The first kappa shape index (κ1) is 19.9. The van der Waals surface area contributed by atoms with Crippen LogP contribution in [0.2, 0.25) is 0 Å². The van der Waals surface area contributed by atoms with E-state index in [-0.39, 0.29) is 41.9 Å². The Bertz CT molecular complexity index is 931. The number of sulfone groups is 1. The Labute approximate surface area is 163 Å². The predicted molar refractivity (Wildman–Crippen MR) is 101 cm³/mol. The van der Waals surface area contributed by atoms with Crippen molar-refractivity contribution >= 4 is 21.7 Å².